The van der Waals surface area contributed by atoms with Crippen molar-refractivity contribution < 1.29 is 23.0 Å². The van der Waals surface area contributed by atoms with E-state index >= 15 is 0 Å². The fourth-order valence-electron chi connectivity index (χ4n) is 1.99. The summed E-state index contributed by atoms with van der Waals surface area (Å²) in [7, 11) is 1.12. The molecular weight excluding hydrogens is 256 g/mol. The highest BCUT2D eigenvalue weighted by Gasteiger charge is 2.21. The molecule has 1 heterocycles. The third-order valence-electron chi connectivity index (χ3n) is 3.07. The van der Waals surface area contributed by atoms with E-state index in [0.29, 0.717) is 13.2 Å². The molecule has 6 heteroatoms. The van der Waals surface area contributed by atoms with E-state index in [1.165, 1.54) is 12.1 Å². The molecule has 1 saturated heterocycles. The molecule has 0 aromatic heterocycles. The van der Waals surface area contributed by atoms with Crippen LogP contribution in [0.2, 0.25) is 0 Å². The highest BCUT2D eigenvalue weighted by Crippen LogP contribution is 2.23. The van der Waals surface area contributed by atoms with Gasteiger partial charge in [0.05, 0.1) is 18.4 Å². The van der Waals surface area contributed by atoms with Gasteiger partial charge in [-0.15, -0.1) is 0 Å². The molecule has 0 aliphatic carbocycles. The Morgan fingerprint density at radius 1 is 1.32 bits per heavy atom. The molecular formula is C13H15F2NO3. The molecule has 0 bridgehead atoms. The summed E-state index contributed by atoms with van der Waals surface area (Å²) in [6.45, 7) is 1.20. The maximum atomic E-state index is 13.8. The summed E-state index contributed by atoms with van der Waals surface area (Å²) in [6.07, 6.45) is 1.47. The molecule has 0 atom stereocenters. The SMILES string of the molecule is COC(=O)c1ccc(NC2CCOCC2)c(F)c1F. The number of hydrogen-bond donors (Lipinski definition) is 1. The normalized spacial score (nSPS) is 16.2. The van der Waals surface area contributed by atoms with Gasteiger partial charge in [0, 0.05) is 19.3 Å². The fourth-order valence-corrected chi connectivity index (χ4v) is 1.99. The van der Waals surface area contributed by atoms with Crippen molar-refractivity contribution in [1.29, 1.82) is 0 Å². The molecule has 1 aromatic carbocycles. The number of methoxy groups -OCH3 is 1. The van der Waals surface area contributed by atoms with E-state index in [4.69, 9.17) is 4.74 Å². The number of rotatable bonds is 3. The van der Waals surface area contributed by atoms with E-state index in [1.54, 1.807) is 0 Å². The first-order valence-corrected chi connectivity index (χ1v) is 6.04. The van der Waals surface area contributed by atoms with Crippen molar-refractivity contribution in [3.8, 4) is 0 Å². The van der Waals surface area contributed by atoms with Gasteiger partial charge in [0.1, 0.15) is 0 Å². The lowest BCUT2D eigenvalue weighted by Crippen LogP contribution is -2.28. The number of hydrogen-bond acceptors (Lipinski definition) is 4. The predicted octanol–water partition coefficient (Wildman–Crippen LogP) is 2.34. The minimum Gasteiger partial charge on any atom is -0.465 e. The Hall–Kier alpha value is -1.69. The van der Waals surface area contributed by atoms with Gasteiger partial charge in [0.25, 0.3) is 0 Å². The zero-order chi connectivity index (χ0) is 13.8. The van der Waals surface area contributed by atoms with Gasteiger partial charge in [-0.05, 0) is 25.0 Å². The van der Waals surface area contributed by atoms with Crippen LogP contribution < -0.4 is 5.32 Å². The number of anilines is 1. The van der Waals surface area contributed by atoms with E-state index in [2.05, 4.69) is 10.1 Å². The van der Waals surface area contributed by atoms with Crippen molar-refractivity contribution >= 4 is 11.7 Å². The summed E-state index contributed by atoms with van der Waals surface area (Å²) >= 11 is 0. The van der Waals surface area contributed by atoms with E-state index in [9.17, 15) is 13.6 Å². The lowest BCUT2D eigenvalue weighted by atomic mass is 10.1. The Bertz CT molecular complexity index is 473. The molecule has 4 nitrogen and oxygen atoms in total. The van der Waals surface area contributed by atoms with Gasteiger partial charge >= 0.3 is 5.97 Å². The van der Waals surface area contributed by atoms with Crippen LogP contribution in [0.1, 0.15) is 23.2 Å². The number of ether oxygens (including phenoxy) is 2. The first-order valence-electron chi connectivity index (χ1n) is 6.04. The topological polar surface area (TPSA) is 47.6 Å². The zero-order valence-corrected chi connectivity index (χ0v) is 10.5. The predicted molar refractivity (Wildman–Crippen MR) is 65.2 cm³/mol. The van der Waals surface area contributed by atoms with Gasteiger partial charge in [-0.1, -0.05) is 0 Å². The van der Waals surface area contributed by atoms with Crippen molar-refractivity contribution in [2.75, 3.05) is 25.6 Å². The van der Waals surface area contributed by atoms with Crippen LogP contribution in [0.15, 0.2) is 12.1 Å². The lowest BCUT2D eigenvalue weighted by Gasteiger charge is -2.24. The standard InChI is InChI=1S/C13H15F2NO3/c1-18-13(17)9-2-3-10(12(15)11(9)14)16-8-4-6-19-7-5-8/h2-3,8,16H,4-7H2,1H3. The lowest BCUT2D eigenvalue weighted by molar-refractivity contribution is 0.0594. The molecule has 0 unspecified atom stereocenters. The second kappa shape index (κ2) is 5.97. The van der Waals surface area contributed by atoms with Crippen LogP contribution >= 0.6 is 0 Å². The summed E-state index contributed by atoms with van der Waals surface area (Å²) in [5.41, 5.74) is -0.352. The molecule has 1 fully saturated rings. The number of carbonyl (C=O) groups is 1. The zero-order valence-electron chi connectivity index (χ0n) is 10.5. The monoisotopic (exact) mass is 271 g/mol. The smallest absolute Gasteiger partial charge is 0.340 e. The molecule has 0 amide bonds. The first kappa shape index (κ1) is 13.7. The van der Waals surface area contributed by atoms with Gasteiger partial charge in [-0.2, -0.15) is 0 Å². The molecule has 1 aromatic rings. The Labute approximate surface area is 109 Å². The summed E-state index contributed by atoms with van der Waals surface area (Å²) in [6, 6.07) is 2.61. The summed E-state index contributed by atoms with van der Waals surface area (Å²) in [5, 5.41) is 2.93. The Balaban J connectivity index is 2.18. The average Bonchev–Trinajstić information content (AvgIpc) is 2.44. The average molecular weight is 271 g/mol. The highest BCUT2D eigenvalue weighted by atomic mass is 19.2. The Kier molecular flexibility index (Phi) is 4.31. The Morgan fingerprint density at radius 3 is 2.63 bits per heavy atom. The molecule has 0 radical (unpaired) electrons. The minimum atomic E-state index is -1.19. The molecule has 0 saturated carbocycles. The Morgan fingerprint density at radius 2 is 2.00 bits per heavy atom. The van der Waals surface area contributed by atoms with Crippen molar-refractivity contribution in [3.05, 3.63) is 29.3 Å². The number of halogens is 2. The maximum Gasteiger partial charge on any atom is 0.340 e. The van der Waals surface area contributed by atoms with Crippen molar-refractivity contribution in [2.24, 2.45) is 0 Å². The van der Waals surface area contributed by atoms with Crippen LogP contribution in [0.25, 0.3) is 0 Å². The van der Waals surface area contributed by atoms with Gasteiger partial charge < -0.3 is 14.8 Å². The molecule has 19 heavy (non-hydrogen) atoms. The molecule has 1 N–H and O–H groups in total. The first-order chi connectivity index (χ1) is 9.13. The number of carbonyl (C=O) groups excluding carboxylic acids is 1. The number of nitrogens with one attached hydrogen (secondary N) is 1. The summed E-state index contributed by atoms with van der Waals surface area (Å²) < 4.78 is 37.1. The molecule has 104 valence electrons. The fraction of sp³-hybridized carbons (Fsp3) is 0.462. The van der Waals surface area contributed by atoms with Gasteiger partial charge in [-0.25, -0.2) is 13.6 Å². The van der Waals surface area contributed by atoms with Crippen molar-refractivity contribution in [2.45, 2.75) is 18.9 Å². The molecule has 1 aliphatic rings. The largest absolute Gasteiger partial charge is 0.465 e. The van der Waals surface area contributed by atoms with E-state index in [0.717, 1.165) is 20.0 Å². The van der Waals surface area contributed by atoms with Crippen LogP contribution in [0, 0.1) is 11.6 Å². The van der Waals surface area contributed by atoms with Crippen LogP contribution in [0.4, 0.5) is 14.5 Å². The van der Waals surface area contributed by atoms with E-state index in [1.807, 2.05) is 0 Å². The van der Waals surface area contributed by atoms with E-state index < -0.39 is 23.2 Å². The van der Waals surface area contributed by atoms with Crippen molar-refractivity contribution in [3.63, 3.8) is 0 Å². The second-order valence-electron chi connectivity index (χ2n) is 4.31. The van der Waals surface area contributed by atoms with Crippen LogP contribution in [-0.4, -0.2) is 32.3 Å². The quantitative estimate of drug-likeness (QED) is 0.857. The number of benzene rings is 1. The molecule has 0 spiro atoms. The number of esters is 1. The van der Waals surface area contributed by atoms with Crippen LogP contribution in [0.3, 0.4) is 0 Å². The summed E-state index contributed by atoms with van der Waals surface area (Å²) in [5.74, 6) is -3.15. The molecule has 1 aliphatic heterocycles. The minimum absolute atomic E-state index is 0.0478. The van der Waals surface area contributed by atoms with Gasteiger partial charge in [0.2, 0.25) is 0 Å². The van der Waals surface area contributed by atoms with Gasteiger partial charge in [-0.3, -0.25) is 0 Å². The second-order valence-corrected chi connectivity index (χ2v) is 4.31. The van der Waals surface area contributed by atoms with Gasteiger partial charge in [0.15, 0.2) is 11.6 Å². The van der Waals surface area contributed by atoms with Crippen LogP contribution in [0.5, 0.6) is 0 Å². The third-order valence-corrected chi connectivity index (χ3v) is 3.07. The molecule has 2 rings (SSSR count). The van der Waals surface area contributed by atoms with Crippen LogP contribution in [-0.2, 0) is 9.47 Å². The van der Waals surface area contributed by atoms with E-state index in [-0.39, 0.29) is 11.7 Å². The third kappa shape index (κ3) is 3.01. The maximum absolute atomic E-state index is 13.8. The van der Waals surface area contributed by atoms with Crippen molar-refractivity contribution in [1.82, 2.24) is 0 Å². The summed E-state index contributed by atoms with van der Waals surface area (Å²) in [4.78, 5) is 11.2. The highest BCUT2D eigenvalue weighted by molar-refractivity contribution is 5.90.